The van der Waals surface area contributed by atoms with Gasteiger partial charge >= 0.3 is 17.9 Å². The van der Waals surface area contributed by atoms with Crippen LogP contribution in [-0.2, 0) is 28.6 Å². The number of allylic oxidation sites excluding steroid dienone is 12. The Bertz CT molecular complexity index is 1400. The van der Waals surface area contributed by atoms with Crippen LogP contribution < -0.4 is 0 Å². The van der Waals surface area contributed by atoms with Crippen molar-refractivity contribution in [2.24, 2.45) is 0 Å². The van der Waals surface area contributed by atoms with Crippen molar-refractivity contribution in [2.45, 2.75) is 341 Å². The predicted molar refractivity (Wildman–Crippen MR) is 330 cm³/mol. The van der Waals surface area contributed by atoms with Crippen LogP contribution in [0.15, 0.2) is 72.9 Å². The van der Waals surface area contributed by atoms with E-state index < -0.39 is 6.10 Å². The molecule has 0 aliphatic carbocycles. The molecule has 0 amide bonds. The summed E-state index contributed by atoms with van der Waals surface area (Å²) in [6.45, 7) is 6.55. The van der Waals surface area contributed by atoms with Crippen LogP contribution >= 0.6 is 0 Å². The quantitative estimate of drug-likeness (QED) is 0.0261. The molecule has 0 fully saturated rings. The van der Waals surface area contributed by atoms with Crippen molar-refractivity contribution in [1.29, 1.82) is 0 Å². The normalized spacial score (nSPS) is 12.5. The molecule has 0 saturated heterocycles. The van der Waals surface area contributed by atoms with Crippen LogP contribution in [0.2, 0.25) is 0 Å². The molecule has 6 heteroatoms. The maximum atomic E-state index is 12.9. The molecule has 0 aromatic heterocycles. The molecule has 0 aromatic rings. The zero-order valence-electron chi connectivity index (χ0n) is 50.5. The Morgan fingerprint density at radius 1 is 0.276 bits per heavy atom. The van der Waals surface area contributed by atoms with Crippen molar-refractivity contribution in [2.75, 3.05) is 13.2 Å². The number of rotatable bonds is 60. The van der Waals surface area contributed by atoms with Gasteiger partial charge in [0.2, 0.25) is 0 Å². The van der Waals surface area contributed by atoms with Gasteiger partial charge in [-0.3, -0.25) is 14.4 Å². The third-order valence-corrected chi connectivity index (χ3v) is 14.4. The molecule has 440 valence electrons. The van der Waals surface area contributed by atoms with Gasteiger partial charge in [-0.15, -0.1) is 0 Å². The number of ether oxygens (including phenoxy) is 3. The lowest BCUT2D eigenvalue weighted by atomic mass is 10.1. The predicted octanol–water partition coefficient (Wildman–Crippen LogP) is 22.5. The van der Waals surface area contributed by atoms with Gasteiger partial charge in [0.1, 0.15) is 13.2 Å². The summed E-state index contributed by atoms with van der Waals surface area (Å²) in [7, 11) is 0. The molecule has 0 rings (SSSR count). The van der Waals surface area contributed by atoms with Gasteiger partial charge in [0.15, 0.2) is 6.10 Å². The fraction of sp³-hybridized carbons (Fsp3) is 0.786. The smallest absolute Gasteiger partial charge is 0.306 e. The third-order valence-electron chi connectivity index (χ3n) is 14.4. The summed E-state index contributed by atoms with van der Waals surface area (Å²) in [5.41, 5.74) is 0. The van der Waals surface area contributed by atoms with E-state index in [9.17, 15) is 14.4 Å². The number of esters is 3. The van der Waals surface area contributed by atoms with Crippen molar-refractivity contribution in [1.82, 2.24) is 0 Å². The number of carbonyl (C=O) groups is 3. The molecule has 0 aromatic carbocycles. The highest BCUT2D eigenvalue weighted by atomic mass is 16.6. The topological polar surface area (TPSA) is 78.9 Å². The minimum absolute atomic E-state index is 0.0813. The van der Waals surface area contributed by atoms with E-state index in [1.54, 1.807) is 0 Å². The molecular formula is C70H124O6. The Kier molecular flexibility index (Phi) is 61.7. The lowest BCUT2D eigenvalue weighted by Gasteiger charge is -2.18. The molecule has 0 saturated carbocycles. The Balaban J connectivity index is 4.38. The molecule has 1 atom stereocenters. The molecule has 0 bridgehead atoms. The van der Waals surface area contributed by atoms with E-state index in [1.807, 2.05) is 0 Å². The van der Waals surface area contributed by atoms with Crippen molar-refractivity contribution in [3.8, 4) is 0 Å². The summed E-state index contributed by atoms with van der Waals surface area (Å²) in [4.78, 5) is 38.4. The lowest BCUT2D eigenvalue weighted by Crippen LogP contribution is -2.30. The zero-order chi connectivity index (χ0) is 55.0. The van der Waals surface area contributed by atoms with Crippen molar-refractivity contribution < 1.29 is 28.6 Å². The second-order valence-electron chi connectivity index (χ2n) is 22.0. The zero-order valence-corrected chi connectivity index (χ0v) is 50.5. The first-order valence-electron chi connectivity index (χ1n) is 32.9. The Hall–Kier alpha value is -3.15. The number of hydrogen-bond donors (Lipinski definition) is 0. The highest BCUT2D eigenvalue weighted by molar-refractivity contribution is 5.71. The maximum Gasteiger partial charge on any atom is 0.306 e. The number of carbonyl (C=O) groups excluding carboxylic acids is 3. The Labute approximate surface area is 472 Å². The Morgan fingerprint density at radius 2 is 0.513 bits per heavy atom. The molecular weight excluding hydrogens is 937 g/mol. The van der Waals surface area contributed by atoms with Crippen LogP contribution in [0.25, 0.3) is 0 Å². The molecule has 0 aliphatic heterocycles. The summed E-state index contributed by atoms with van der Waals surface area (Å²) in [5, 5.41) is 0. The molecule has 0 heterocycles. The van der Waals surface area contributed by atoms with Crippen molar-refractivity contribution >= 4 is 17.9 Å². The van der Waals surface area contributed by atoms with E-state index in [0.29, 0.717) is 19.3 Å². The SMILES string of the molecule is CC/C=C\C/C=C\C/C=C\C/C=C\CCCCCCCCCCC(=O)OCC(COC(=O)CCCCCCC/C=C\CCCCCCCCC)OC(=O)CCCCCCCCCCC/C=C\CCCCCCCCCC. The molecule has 0 spiro atoms. The van der Waals surface area contributed by atoms with E-state index in [4.69, 9.17) is 14.2 Å². The fourth-order valence-electron chi connectivity index (χ4n) is 9.48. The minimum atomic E-state index is -0.785. The van der Waals surface area contributed by atoms with Gasteiger partial charge in [0.25, 0.3) is 0 Å². The van der Waals surface area contributed by atoms with E-state index >= 15 is 0 Å². The summed E-state index contributed by atoms with van der Waals surface area (Å²) < 4.78 is 17.0. The van der Waals surface area contributed by atoms with Gasteiger partial charge in [-0.05, 0) is 109 Å². The minimum Gasteiger partial charge on any atom is -0.462 e. The van der Waals surface area contributed by atoms with Crippen molar-refractivity contribution in [3.63, 3.8) is 0 Å². The molecule has 0 radical (unpaired) electrons. The van der Waals surface area contributed by atoms with Gasteiger partial charge in [-0.2, -0.15) is 0 Å². The standard InChI is InChI=1S/C70H124O6/c1-4-7-10-13-16-19-22-25-28-31-33-35-37-39-42-45-48-51-54-57-60-63-69(72)75-66-67(65-74-68(71)62-59-56-53-50-47-44-41-30-27-24-21-18-15-12-9-6-3)76-70(73)64-61-58-55-52-49-46-43-40-38-36-34-32-29-26-23-20-17-14-11-8-5-2/h7,10,16,19,25,28,30,32-35,41,67H,4-6,8-9,11-15,17-18,20-24,26-27,29,31,36-40,42-66H2,1-3H3/b10-7-,19-16-,28-25-,34-32-,35-33-,41-30-. The van der Waals surface area contributed by atoms with E-state index in [-0.39, 0.29) is 31.1 Å². The summed E-state index contributed by atoms with van der Waals surface area (Å²) in [6.07, 6.45) is 83.3. The largest absolute Gasteiger partial charge is 0.462 e. The van der Waals surface area contributed by atoms with Gasteiger partial charge in [-0.25, -0.2) is 0 Å². The molecule has 76 heavy (non-hydrogen) atoms. The van der Waals surface area contributed by atoms with Gasteiger partial charge in [0, 0.05) is 19.3 Å². The van der Waals surface area contributed by atoms with Crippen LogP contribution in [0, 0.1) is 0 Å². The van der Waals surface area contributed by atoms with Gasteiger partial charge in [0.05, 0.1) is 0 Å². The first kappa shape index (κ1) is 72.8. The fourth-order valence-corrected chi connectivity index (χ4v) is 9.48. The van der Waals surface area contributed by atoms with Crippen LogP contribution in [-0.4, -0.2) is 37.2 Å². The van der Waals surface area contributed by atoms with Crippen molar-refractivity contribution in [3.05, 3.63) is 72.9 Å². The molecule has 1 unspecified atom stereocenters. The molecule has 6 nitrogen and oxygen atoms in total. The highest BCUT2D eigenvalue weighted by Gasteiger charge is 2.19. The average molecular weight is 1060 g/mol. The second kappa shape index (κ2) is 64.4. The lowest BCUT2D eigenvalue weighted by molar-refractivity contribution is -0.167. The first-order chi connectivity index (χ1) is 37.5. The van der Waals surface area contributed by atoms with Crippen LogP contribution in [0.1, 0.15) is 335 Å². The summed E-state index contributed by atoms with van der Waals surface area (Å²) >= 11 is 0. The van der Waals surface area contributed by atoms with Crippen LogP contribution in [0.5, 0.6) is 0 Å². The Morgan fingerprint density at radius 3 is 0.816 bits per heavy atom. The van der Waals surface area contributed by atoms with Gasteiger partial charge in [-0.1, -0.05) is 280 Å². The highest BCUT2D eigenvalue weighted by Crippen LogP contribution is 2.16. The summed E-state index contributed by atoms with van der Waals surface area (Å²) in [5.74, 6) is -0.882. The van der Waals surface area contributed by atoms with Gasteiger partial charge < -0.3 is 14.2 Å². The van der Waals surface area contributed by atoms with E-state index in [0.717, 1.165) is 96.3 Å². The molecule has 0 aliphatic rings. The monoisotopic (exact) mass is 1060 g/mol. The van der Waals surface area contributed by atoms with Crippen LogP contribution in [0.4, 0.5) is 0 Å². The second-order valence-corrected chi connectivity index (χ2v) is 22.0. The summed E-state index contributed by atoms with van der Waals surface area (Å²) in [6, 6.07) is 0. The van der Waals surface area contributed by atoms with E-state index in [2.05, 4.69) is 93.7 Å². The van der Waals surface area contributed by atoms with E-state index in [1.165, 1.54) is 199 Å². The maximum absolute atomic E-state index is 12.9. The third kappa shape index (κ3) is 61.7. The molecule has 0 N–H and O–H groups in total. The first-order valence-corrected chi connectivity index (χ1v) is 32.9. The van der Waals surface area contributed by atoms with Crippen LogP contribution in [0.3, 0.4) is 0 Å². The average Bonchev–Trinajstić information content (AvgIpc) is 3.42. The number of unbranched alkanes of at least 4 members (excludes halogenated alkanes) is 37. The number of hydrogen-bond acceptors (Lipinski definition) is 6.